The van der Waals surface area contributed by atoms with Crippen molar-refractivity contribution in [3.63, 3.8) is 0 Å². The van der Waals surface area contributed by atoms with Gasteiger partial charge in [-0.25, -0.2) is 0 Å². The van der Waals surface area contributed by atoms with E-state index in [-0.39, 0.29) is 6.61 Å². The number of rotatable bonds is 10. The number of hydrogen-bond donors (Lipinski definition) is 2. The van der Waals surface area contributed by atoms with Gasteiger partial charge in [0, 0.05) is 23.7 Å². The molecule has 0 saturated carbocycles. The maximum Gasteiger partial charge on any atom is 0.123 e. The number of benzene rings is 1. The second kappa shape index (κ2) is 10.0. The average molecular weight is 288 g/mol. The predicted octanol–water partition coefficient (Wildman–Crippen LogP) is 2.23. The van der Waals surface area contributed by atoms with E-state index < -0.39 is 0 Å². The van der Waals surface area contributed by atoms with Crippen LogP contribution in [0.15, 0.2) is 18.2 Å². The van der Waals surface area contributed by atoms with Crippen LogP contribution in [0.25, 0.3) is 0 Å². The van der Waals surface area contributed by atoms with Gasteiger partial charge in [0.25, 0.3) is 0 Å². The Hall–Kier alpha value is -0.810. The van der Waals surface area contributed by atoms with E-state index in [0.29, 0.717) is 31.4 Å². The summed E-state index contributed by atoms with van der Waals surface area (Å²) in [5.41, 5.74) is 1.04. The first-order valence-electron chi connectivity index (χ1n) is 6.58. The van der Waals surface area contributed by atoms with Crippen LogP contribution < -0.4 is 10.1 Å². The van der Waals surface area contributed by atoms with E-state index in [4.69, 9.17) is 26.2 Å². The zero-order valence-corrected chi connectivity index (χ0v) is 12.1. The molecule has 0 aliphatic carbocycles. The molecule has 1 rings (SSSR count). The number of hydrogen-bond acceptors (Lipinski definition) is 4. The summed E-state index contributed by atoms with van der Waals surface area (Å²) in [6.07, 6.45) is 0.977. The first kappa shape index (κ1) is 16.2. The van der Waals surface area contributed by atoms with E-state index in [9.17, 15) is 0 Å². The van der Waals surface area contributed by atoms with E-state index in [1.807, 2.05) is 18.2 Å². The lowest BCUT2D eigenvalue weighted by Gasteiger charge is -2.12. The first-order chi connectivity index (χ1) is 9.27. The highest BCUT2D eigenvalue weighted by Gasteiger charge is 2.04. The normalized spacial score (nSPS) is 10.7. The molecule has 0 aliphatic rings. The van der Waals surface area contributed by atoms with Gasteiger partial charge in [0.15, 0.2) is 0 Å². The number of halogens is 1. The summed E-state index contributed by atoms with van der Waals surface area (Å²) in [4.78, 5) is 0. The summed E-state index contributed by atoms with van der Waals surface area (Å²) in [5.74, 6) is 0.870. The molecule has 5 heteroatoms. The lowest BCUT2D eigenvalue weighted by atomic mass is 10.2. The Morgan fingerprint density at radius 2 is 2.11 bits per heavy atom. The molecule has 0 fully saturated rings. The van der Waals surface area contributed by atoms with Crippen LogP contribution in [0.3, 0.4) is 0 Å². The van der Waals surface area contributed by atoms with Crippen molar-refractivity contribution in [3.8, 4) is 5.75 Å². The molecule has 0 heterocycles. The largest absolute Gasteiger partial charge is 0.493 e. The van der Waals surface area contributed by atoms with Gasteiger partial charge in [-0.05, 0) is 24.6 Å². The fraction of sp³-hybridized carbons (Fsp3) is 0.571. The summed E-state index contributed by atoms with van der Waals surface area (Å²) in [6, 6.07) is 5.64. The van der Waals surface area contributed by atoms with Crippen LogP contribution >= 0.6 is 11.6 Å². The van der Waals surface area contributed by atoms with Crippen molar-refractivity contribution < 1.29 is 14.6 Å². The summed E-state index contributed by atoms with van der Waals surface area (Å²) < 4.78 is 10.8. The Labute approximate surface area is 119 Å². The molecule has 0 saturated heterocycles. The van der Waals surface area contributed by atoms with Gasteiger partial charge in [0.05, 0.1) is 26.4 Å². The molecule has 108 valence electrons. The van der Waals surface area contributed by atoms with Crippen molar-refractivity contribution in [2.45, 2.75) is 19.9 Å². The third kappa shape index (κ3) is 6.78. The van der Waals surface area contributed by atoms with Gasteiger partial charge >= 0.3 is 0 Å². The lowest BCUT2D eigenvalue weighted by molar-refractivity contribution is 0.0937. The van der Waals surface area contributed by atoms with Gasteiger partial charge in [0.1, 0.15) is 5.75 Å². The molecule has 1 aromatic carbocycles. The number of aliphatic hydroxyl groups excluding tert-OH is 1. The van der Waals surface area contributed by atoms with Crippen molar-refractivity contribution in [2.24, 2.45) is 0 Å². The second-order valence-corrected chi connectivity index (χ2v) is 4.55. The third-order valence-electron chi connectivity index (χ3n) is 2.46. The molecule has 0 aromatic heterocycles. The topological polar surface area (TPSA) is 50.7 Å². The highest BCUT2D eigenvalue weighted by Crippen LogP contribution is 2.22. The Kier molecular flexibility index (Phi) is 8.58. The van der Waals surface area contributed by atoms with Crippen LogP contribution in [0.2, 0.25) is 5.02 Å². The van der Waals surface area contributed by atoms with Crippen LogP contribution in [0.4, 0.5) is 0 Å². The van der Waals surface area contributed by atoms with Crippen LogP contribution in [-0.4, -0.2) is 38.1 Å². The molecule has 0 atom stereocenters. The number of ether oxygens (including phenoxy) is 2. The summed E-state index contributed by atoms with van der Waals surface area (Å²) in [5, 5.41) is 12.5. The first-order valence-corrected chi connectivity index (χ1v) is 6.96. The smallest absolute Gasteiger partial charge is 0.123 e. The monoisotopic (exact) mass is 287 g/mol. The fourth-order valence-corrected chi connectivity index (χ4v) is 1.77. The zero-order valence-electron chi connectivity index (χ0n) is 11.3. The maximum atomic E-state index is 8.57. The van der Waals surface area contributed by atoms with Gasteiger partial charge < -0.3 is 19.9 Å². The SMILES string of the molecule is CCCOc1ccc(Cl)cc1CNCCOCCO. The Bertz CT molecular complexity index is 361. The molecule has 0 spiro atoms. The van der Waals surface area contributed by atoms with Crippen molar-refractivity contribution in [2.75, 3.05) is 33.0 Å². The Morgan fingerprint density at radius 3 is 2.84 bits per heavy atom. The molecular formula is C14H22ClNO3. The van der Waals surface area contributed by atoms with E-state index in [1.54, 1.807) is 0 Å². The summed E-state index contributed by atoms with van der Waals surface area (Å²) >= 11 is 6.00. The Morgan fingerprint density at radius 1 is 1.26 bits per heavy atom. The van der Waals surface area contributed by atoms with Crippen LogP contribution in [0, 0.1) is 0 Å². The Balaban J connectivity index is 2.39. The highest BCUT2D eigenvalue weighted by atomic mass is 35.5. The third-order valence-corrected chi connectivity index (χ3v) is 2.69. The van der Waals surface area contributed by atoms with Crippen LogP contribution in [-0.2, 0) is 11.3 Å². The van der Waals surface area contributed by atoms with Gasteiger partial charge in [-0.3, -0.25) is 0 Å². The van der Waals surface area contributed by atoms with E-state index in [1.165, 1.54) is 0 Å². The standard InChI is InChI=1S/C14H22ClNO3/c1-2-7-19-14-4-3-13(15)10-12(14)11-16-5-8-18-9-6-17/h3-4,10,16-17H,2,5-9,11H2,1H3. The number of aliphatic hydroxyl groups is 1. The minimum absolute atomic E-state index is 0.0588. The fourth-order valence-electron chi connectivity index (χ4n) is 1.57. The van der Waals surface area contributed by atoms with E-state index in [0.717, 1.165) is 24.3 Å². The number of nitrogens with one attached hydrogen (secondary N) is 1. The molecule has 0 amide bonds. The minimum Gasteiger partial charge on any atom is -0.493 e. The van der Waals surface area contributed by atoms with Crippen molar-refractivity contribution in [1.29, 1.82) is 0 Å². The van der Waals surface area contributed by atoms with Crippen molar-refractivity contribution in [1.82, 2.24) is 5.32 Å². The minimum atomic E-state index is 0.0588. The van der Waals surface area contributed by atoms with Crippen LogP contribution in [0.5, 0.6) is 5.75 Å². The molecule has 0 aliphatic heterocycles. The second-order valence-electron chi connectivity index (χ2n) is 4.11. The molecule has 4 nitrogen and oxygen atoms in total. The molecule has 0 unspecified atom stereocenters. The highest BCUT2D eigenvalue weighted by molar-refractivity contribution is 6.30. The summed E-state index contributed by atoms with van der Waals surface area (Å²) in [7, 11) is 0. The van der Waals surface area contributed by atoms with Crippen molar-refractivity contribution >= 4 is 11.6 Å². The van der Waals surface area contributed by atoms with Gasteiger partial charge in [-0.2, -0.15) is 0 Å². The van der Waals surface area contributed by atoms with E-state index >= 15 is 0 Å². The maximum absolute atomic E-state index is 8.57. The molecule has 0 bridgehead atoms. The molecule has 0 radical (unpaired) electrons. The van der Waals surface area contributed by atoms with Gasteiger partial charge in [0.2, 0.25) is 0 Å². The molecular weight excluding hydrogens is 266 g/mol. The predicted molar refractivity (Wildman–Crippen MR) is 76.8 cm³/mol. The molecule has 1 aromatic rings. The van der Waals surface area contributed by atoms with Crippen LogP contribution in [0.1, 0.15) is 18.9 Å². The van der Waals surface area contributed by atoms with Gasteiger partial charge in [-0.15, -0.1) is 0 Å². The molecule has 19 heavy (non-hydrogen) atoms. The quantitative estimate of drug-likeness (QED) is 0.648. The van der Waals surface area contributed by atoms with Crippen molar-refractivity contribution in [3.05, 3.63) is 28.8 Å². The lowest BCUT2D eigenvalue weighted by Crippen LogP contribution is -2.20. The average Bonchev–Trinajstić information content (AvgIpc) is 2.42. The molecule has 2 N–H and O–H groups in total. The zero-order chi connectivity index (χ0) is 13.9. The summed E-state index contributed by atoms with van der Waals surface area (Å²) in [6.45, 7) is 5.20. The van der Waals surface area contributed by atoms with E-state index in [2.05, 4.69) is 12.2 Å². The van der Waals surface area contributed by atoms with Gasteiger partial charge in [-0.1, -0.05) is 18.5 Å².